The van der Waals surface area contributed by atoms with Gasteiger partial charge in [-0.1, -0.05) is 0 Å². The van der Waals surface area contributed by atoms with Gasteiger partial charge in [0, 0.05) is 45.0 Å². The van der Waals surface area contributed by atoms with E-state index >= 15 is 0 Å². The summed E-state index contributed by atoms with van der Waals surface area (Å²) in [6, 6.07) is 1.78. The van der Waals surface area contributed by atoms with Crippen LogP contribution in [0.25, 0.3) is 0 Å². The van der Waals surface area contributed by atoms with Crippen LogP contribution in [0.15, 0.2) is 17.2 Å². The first-order chi connectivity index (χ1) is 13.2. The molecule has 154 valence electrons. The van der Waals surface area contributed by atoms with E-state index in [0.717, 1.165) is 0 Å². The van der Waals surface area contributed by atoms with E-state index < -0.39 is 10.0 Å². The van der Waals surface area contributed by atoms with Gasteiger partial charge >= 0.3 is 0 Å². The molecule has 3 rings (SSSR count). The minimum atomic E-state index is -3.66. The fourth-order valence-corrected chi connectivity index (χ4v) is 5.38. The number of hydrogen-bond donors (Lipinski definition) is 0. The Labute approximate surface area is 166 Å². The number of rotatable bonds is 5. The van der Waals surface area contributed by atoms with Gasteiger partial charge in [-0.15, -0.1) is 0 Å². The molecule has 1 amide bonds. The Kier molecular flexibility index (Phi) is 5.62. The molecule has 0 bridgehead atoms. The lowest BCUT2D eigenvalue weighted by atomic mass is 10.3. The molecular formula is C18H28N6O3S. The minimum absolute atomic E-state index is 0.0834. The zero-order valence-corrected chi connectivity index (χ0v) is 17.9. The first-order valence-electron chi connectivity index (χ1n) is 9.55. The van der Waals surface area contributed by atoms with Crippen LogP contribution in [-0.2, 0) is 16.6 Å². The SMILES string of the molecule is CCn1ccc(C(=O)N2CCN(S(=O)(=O)c3c(C)nn(C(C)C)c3C)CC2)n1. The molecule has 2 aromatic heterocycles. The van der Waals surface area contributed by atoms with E-state index in [1.54, 1.807) is 40.4 Å². The van der Waals surface area contributed by atoms with Gasteiger partial charge in [0.25, 0.3) is 5.91 Å². The molecule has 1 aliphatic heterocycles. The van der Waals surface area contributed by atoms with Crippen molar-refractivity contribution in [3.8, 4) is 0 Å². The van der Waals surface area contributed by atoms with Crippen molar-refractivity contribution in [3.63, 3.8) is 0 Å². The van der Waals surface area contributed by atoms with Crippen LogP contribution in [0.3, 0.4) is 0 Å². The lowest BCUT2D eigenvalue weighted by Gasteiger charge is -2.33. The van der Waals surface area contributed by atoms with Gasteiger partial charge in [-0.2, -0.15) is 14.5 Å². The van der Waals surface area contributed by atoms with Crippen molar-refractivity contribution in [2.75, 3.05) is 26.2 Å². The Hall–Kier alpha value is -2.20. The van der Waals surface area contributed by atoms with Crippen molar-refractivity contribution in [1.82, 2.24) is 28.8 Å². The Bertz CT molecular complexity index is 968. The van der Waals surface area contributed by atoms with Crippen LogP contribution in [-0.4, -0.2) is 69.3 Å². The van der Waals surface area contributed by atoms with Crippen molar-refractivity contribution in [3.05, 3.63) is 29.3 Å². The Morgan fingerprint density at radius 3 is 2.29 bits per heavy atom. The van der Waals surface area contributed by atoms with E-state index in [4.69, 9.17) is 0 Å². The van der Waals surface area contributed by atoms with Crippen LogP contribution in [0.2, 0.25) is 0 Å². The maximum absolute atomic E-state index is 13.2. The Morgan fingerprint density at radius 2 is 1.79 bits per heavy atom. The van der Waals surface area contributed by atoms with Gasteiger partial charge in [0.05, 0.1) is 11.4 Å². The maximum atomic E-state index is 13.2. The molecule has 0 aromatic carbocycles. The molecule has 0 radical (unpaired) electrons. The third kappa shape index (κ3) is 3.58. The molecule has 9 nitrogen and oxygen atoms in total. The van der Waals surface area contributed by atoms with Gasteiger partial charge in [0.15, 0.2) is 0 Å². The van der Waals surface area contributed by atoms with Gasteiger partial charge in [0.2, 0.25) is 10.0 Å². The third-order valence-electron chi connectivity index (χ3n) is 5.06. The van der Waals surface area contributed by atoms with Gasteiger partial charge < -0.3 is 4.90 Å². The van der Waals surface area contributed by atoms with E-state index in [-0.39, 0.29) is 29.9 Å². The number of piperazine rings is 1. The average molecular weight is 409 g/mol. The number of hydrogen-bond acceptors (Lipinski definition) is 5. The molecule has 1 saturated heterocycles. The average Bonchev–Trinajstić information content (AvgIpc) is 3.25. The Morgan fingerprint density at radius 1 is 1.14 bits per heavy atom. The van der Waals surface area contributed by atoms with Gasteiger partial charge in [0.1, 0.15) is 10.6 Å². The summed E-state index contributed by atoms with van der Waals surface area (Å²) < 4.78 is 31.3. The predicted molar refractivity (Wildman–Crippen MR) is 105 cm³/mol. The highest BCUT2D eigenvalue weighted by atomic mass is 32.2. The van der Waals surface area contributed by atoms with Crippen molar-refractivity contribution in [2.24, 2.45) is 0 Å². The monoisotopic (exact) mass is 408 g/mol. The third-order valence-corrected chi connectivity index (χ3v) is 7.21. The topological polar surface area (TPSA) is 93.3 Å². The van der Waals surface area contributed by atoms with Crippen molar-refractivity contribution < 1.29 is 13.2 Å². The standard InChI is InChI=1S/C18H28N6O3S/c1-6-22-8-7-16(20-22)18(25)21-9-11-23(12-10-21)28(26,27)17-14(4)19-24(13(2)3)15(17)5/h7-8,13H,6,9-12H2,1-5H3. The van der Waals surface area contributed by atoms with Crippen molar-refractivity contribution >= 4 is 15.9 Å². The summed E-state index contributed by atoms with van der Waals surface area (Å²) in [4.78, 5) is 14.5. The normalized spacial score (nSPS) is 16.1. The largest absolute Gasteiger partial charge is 0.335 e. The van der Waals surface area contributed by atoms with Gasteiger partial charge in [-0.05, 0) is 40.7 Å². The lowest BCUT2D eigenvalue weighted by Crippen LogP contribution is -2.50. The smallest absolute Gasteiger partial charge is 0.274 e. The highest BCUT2D eigenvalue weighted by Gasteiger charge is 2.34. The number of carbonyl (C=O) groups excluding carboxylic acids is 1. The fraction of sp³-hybridized carbons (Fsp3) is 0.611. The van der Waals surface area contributed by atoms with E-state index in [1.807, 2.05) is 20.8 Å². The van der Waals surface area contributed by atoms with Crippen molar-refractivity contribution in [1.29, 1.82) is 0 Å². The summed E-state index contributed by atoms with van der Waals surface area (Å²) in [5, 5.41) is 8.64. The number of aryl methyl sites for hydroxylation is 2. The summed E-state index contributed by atoms with van der Waals surface area (Å²) in [5.41, 5.74) is 1.55. The molecule has 0 atom stereocenters. The molecule has 0 N–H and O–H groups in total. The van der Waals surface area contributed by atoms with Crippen LogP contribution < -0.4 is 0 Å². The summed E-state index contributed by atoms with van der Waals surface area (Å²) in [6.07, 6.45) is 1.77. The first kappa shape index (κ1) is 20.5. The van der Waals surface area contributed by atoms with E-state index in [1.165, 1.54) is 4.31 Å². The van der Waals surface area contributed by atoms with Crippen LogP contribution >= 0.6 is 0 Å². The minimum Gasteiger partial charge on any atom is -0.335 e. The second-order valence-corrected chi connectivity index (χ2v) is 9.17. The second-order valence-electron chi connectivity index (χ2n) is 7.29. The zero-order valence-electron chi connectivity index (χ0n) is 17.1. The zero-order chi connectivity index (χ0) is 20.6. The number of aromatic nitrogens is 4. The number of amides is 1. The van der Waals surface area contributed by atoms with Crippen molar-refractivity contribution in [2.45, 2.75) is 52.1 Å². The predicted octanol–water partition coefficient (Wildman–Crippen LogP) is 1.44. The summed E-state index contributed by atoms with van der Waals surface area (Å²) >= 11 is 0. The van der Waals surface area contributed by atoms with E-state index in [2.05, 4.69) is 10.2 Å². The molecule has 3 heterocycles. The molecule has 28 heavy (non-hydrogen) atoms. The molecule has 2 aromatic rings. The molecule has 1 aliphatic rings. The molecule has 10 heteroatoms. The molecule has 0 saturated carbocycles. The molecule has 0 aliphatic carbocycles. The number of sulfonamides is 1. The van der Waals surface area contributed by atoms with Crippen LogP contribution in [0.5, 0.6) is 0 Å². The summed E-state index contributed by atoms with van der Waals surface area (Å²) in [6.45, 7) is 11.3. The molecular weight excluding hydrogens is 380 g/mol. The summed E-state index contributed by atoms with van der Waals surface area (Å²) in [7, 11) is -3.66. The molecule has 1 fully saturated rings. The van der Waals surface area contributed by atoms with Gasteiger partial charge in [-0.25, -0.2) is 8.42 Å². The maximum Gasteiger partial charge on any atom is 0.274 e. The highest BCUT2D eigenvalue weighted by molar-refractivity contribution is 7.89. The van der Waals surface area contributed by atoms with Crippen LogP contribution in [0.4, 0.5) is 0 Å². The second kappa shape index (κ2) is 7.67. The quantitative estimate of drug-likeness (QED) is 0.746. The number of carbonyl (C=O) groups is 1. The highest BCUT2D eigenvalue weighted by Crippen LogP contribution is 2.26. The first-order valence-corrected chi connectivity index (χ1v) is 11.0. The van der Waals surface area contributed by atoms with Crippen LogP contribution in [0, 0.1) is 13.8 Å². The summed E-state index contributed by atoms with van der Waals surface area (Å²) in [5.74, 6) is -0.163. The number of nitrogens with zero attached hydrogens (tertiary/aromatic N) is 6. The fourth-order valence-electron chi connectivity index (χ4n) is 3.60. The Balaban J connectivity index is 1.75. The molecule has 0 spiro atoms. The van der Waals surface area contributed by atoms with Gasteiger partial charge in [-0.3, -0.25) is 14.2 Å². The van der Waals surface area contributed by atoms with Crippen LogP contribution in [0.1, 0.15) is 48.7 Å². The molecule has 0 unspecified atom stereocenters. The van der Waals surface area contributed by atoms with E-state index in [0.29, 0.717) is 36.7 Å². The van der Waals surface area contributed by atoms with E-state index in [9.17, 15) is 13.2 Å². The lowest BCUT2D eigenvalue weighted by molar-refractivity contribution is 0.0691.